The van der Waals surface area contributed by atoms with Crippen molar-refractivity contribution >= 4 is 11.0 Å². The second-order valence-corrected chi connectivity index (χ2v) is 6.19. The first-order chi connectivity index (χ1) is 10.2. The second kappa shape index (κ2) is 6.16. The molecule has 4 nitrogen and oxygen atoms in total. The molecule has 4 heteroatoms. The van der Waals surface area contributed by atoms with Crippen LogP contribution in [0.1, 0.15) is 32.5 Å². The summed E-state index contributed by atoms with van der Waals surface area (Å²) in [5, 5.41) is 9.74. The molecule has 2 atom stereocenters. The fourth-order valence-electron chi connectivity index (χ4n) is 3.32. The highest BCUT2D eigenvalue weighted by Gasteiger charge is 2.27. The van der Waals surface area contributed by atoms with E-state index >= 15 is 0 Å². The number of hydrogen-bond acceptors (Lipinski definition) is 3. The molecule has 1 aliphatic rings. The van der Waals surface area contributed by atoms with Crippen LogP contribution >= 0.6 is 0 Å². The average Bonchev–Trinajstić information content (AvgIpc) is 3.06. The third-order valence-electron chi connectivity index (χ3n) is 4.54. The molecule has 1 fully saturated rings. The van der Waals surface area contributed by atoms with Gasteiger partial charge in [0.15, 0.2) is 0 Å². The van der Waals surface area contributed by atoms with E-state index in [0.717, 1.165) is 50.4 Å². The van der Waals surface area contributed by atoms with Crippen molar-refractivity contribution in [2.24, 2.45) is 5.92 Å². The fraction of sp³-hybridized carbons (Fsp3) is 0.588. The third-order valence-corrected chi connectivity index (χ3v) is 4.54. The first kappa shape index (κ1) is 14.5. The Hall–Kier alpha value is -1.39. The van der Waals surface area contributed by atoms with Gasteiger partial charge < -0.3 is 9.67 Å². The minimum Gasteiger partial charge on any atom is -0.393 e. The largest absolute Gasteiger partial charge is 0.393 e. The third kappa shape index (κ3) is 2.97. The SMILES string of the molecule is CCCn1c(CN2CCC(C(C)O)C2)nc2ccccc21. The molecular weight excluding hydrogens is 262 g/mol. The highest BCUT2D eigenvalue weighted by atomic mass is 16.3. The van der Waals surface area contributed by atoms with Crippen molar-refractivity contribution < 1.29 is 5.11 Å². The van der Waals surface area contributed by atoms with Gasteiger partial charge in [-0.15, -0.1) is 0 Å². The molecule has 0 radical (unpaired) electrons. The van der Waals surface area contributed by atoms with Gasteiger partial charge in [0.05, 0.1) is 23.7 Å². The van der Waals surface area contributed by atoms with Crippen LogP contribution in [0.5, 0.6) is 0 Å². The molecule has 0 amide bonds. The van der Waals surface area contributed by atoms with Gasteiger partial charge in [-0.1, -0.05) is 19.1 Å². The molecule has 3 rings (SSSR count). The van der Waals surface area contributed by atoms with E-state index in [1.165, 1.54) is 5.52 Å². The lowest BCUT2D eigenvalue weighted by Gasteiger charge is -2.18. The zero-order chi connectivity index (χ0) is 14.8. The number of likely N-dealkylation sites (tertiary alicyclic amines) is 1. The predicted molar refractivity (Wildman–Crippen MR) is 85.1 cm³/mol. The first-order valence-corrected chi connectivity index (χ1v) is 8.03. The number of imidazole rings is 1. The van der Waals surface area contributed by atoms with Gasteiger partial charge in [-0.2, -0.15) is 0 Å². The smallest absolute Gasteiger partial charge is 0.124 e. The molecule has 1 N–H and O–H groups in total. The Morgan fingerprint density at radius 3 is 2.90 bits per heavy atom. The Morgan fingerprint density at radius 2 is 2.19 bits per heavy atom. The molecular formula is C17H25N3O. The maximum atomic E-state index is 9.74. The molecule has 2 heterocycles. The minimum atomic E-state index is -0.204. The molecule has 1 aromatic heterocycles. The Morgan fingerprint density at radius 1 is 1.38 bits per heavy atom. The maximum Gasteiger partial charge on any atom is 0.124 e. The lowest BCUT2D eigenvalue weighted by Crippen LogP contribution is -2.25. The molecule has 21 heavy (non-hydrogen) atoms. The van der Waals surface area contributed by atoms with Crippen LogP contribution in [-0.4, -0.2) is 38.8 Å². The number of aryl methyl sites for hydroxylation is 1. The molecule has 2 aromatic rings. The van der Waals surface area contributed by atoms with Gasteiger partial charge in [0.25, 0.3) is 0 Å². The number of para-hydroxylation sites is 2. The zero-order valence-corrected chi connectivity index (χ0v) is 13.0. The summed E-state index contributed by atoms with van der Waals surface area (Å²) >= 11 is 0. The van der Waals surface area contributed by atoms with Crippen LogP contribution in [0.25, 0.3) is 11.0 Å². The van der Waals surface area contributed by atoms with Gasteiger partial charge in [-0.3, -0.25) is 4.90 Å². The number of aromatic nitrogens is 2. The van der Waals surface area contributed by atoms with E-state index in [1.807, 2.05) is 6.92 Å². The molecule has 114 valence electrons. The highest BCUT2D eigenvalue weighted by Crippen LogP contribution is 2.23. The van der Waals surface area contributed by atoms with Crippen molar-refractivity contribution in [2.75, 3.05) is 13.1 Å². The van der Waals surface area contributed by atoms with Crippen LogP contribution in [0.15, 0.2) is 24.3 Å². The maximum absolute atomic E-state index is 9.74. The van der Waals surface area contributed by atoms with Crippen molar-refractivity contribution in [3.05, 3.63) is 30.1 Å². The van der Waals surface area contributed by atoms with Crippen molar-refractivity contribution in [1.29, 1.82) is 0 Å². The first-order valence-electron chi connectivity index (χ1n) is 8.03. The van der Waals surface area contributed by atoms with Crippen molar-refractivity contribution in [1.82, 2.24) is 14.5 Å². The number of fused-ring (bicyclic) bond motifs is 1. The van der Waals surface area contributed by atoms with Crippen molar-refractivity contribution in [2.45, 2.75) is 45.9 Å². The molecule has 0 saturated carbocycles. The summed E-state index contributed by atoms with van der Waals surface area (Å²) in [6.45, 7) is 8.05. The van der Waals surface area contributed by atoms with Gasteiger partial charge in [-0.25, -0.2) is 4.98 Å². The lowest BCUT2D eigenvalue weighted by atomic mass is 10.0. The van der Waals surface area contributed by atoms with Gasteiger partial charge in [0, 0.05) is 13.1 Å². The highest BCUT2D eigenvalue weighted by molar-refractivity contribution is 5.75. The number of aliphatic hydroxyl groups is 1. The molecule has 1 aliphatic heterocycles. The van der Waals surface area contributed by atoms with Crippen LogP contribution in [0.2, 0.25) is 0 Å². The zero-order valence-electron chi connectivity index (χ0n) is 13.0. The van der Waals surface area contributed by atoms with Crippen LogP contribution in [0.4, 0.5) is 0 Å². The van der Waals surface area contributed by atoms with E-state index in [9.17, 15) is 5.11 Å². The standard InChI is InChI=1S/C17H25N3O/c1-3-9-20-16-7-5-4-6-15(16)18-17(20)12-19-10-8-14(11-19)13(2)21/h4-7,13-14,21H,3,8-12H2,1-2H3. The normalized spacial score (nSPS) is 21.2. The summed E-state index contributed by atoms with van der Waals surface area (Å²) in [6, 6.07) is 8.38. The minimum absolute atomic E-state index is 0.204. The summed E-state index contributed by atoms with van der Waals surface area (Å²) < 4.78 is 2.35. The number of benzene rings is 1. The summed E-state index contributed by atoms with van der Waals surface area (Å²) in [5.74, 6) is 1.57. The van der Waals surface area contributed by atoms with Gasteiger partial charge in [-0.05, 0) is 44.4 Å². The van der Waals surface area contributed by atoms with Crippen LogP contribution in [0, 0.1) is 5.92 Å². The Kier molecular flexibility index (Phi) is 4.27. The topological polar surface area (TPSA) is 41.3 Å². The molecule has 0 bridgehead atoms. The summed E-state index contributed by atoms with van der Waals surface area (Å²) in [5.41, 5.74) is 2.33. The Bertz CT molecular complexity index is 605. The van der Waals surface area contributed by atoms with Gasteiger partial charge in [0.2, 0.25) is 0 Å². The summed E-state index contributed by atoms with van der Waals surface area (Å²) in [4.78, 5) is 7.24. The van der Waals surface area contributed by atoms with E-state index in [2.05, 4.69) is 40.7 Å². The van der Waals surface area contributed by atoms with Crippen LogP contribution in [0.3, 0.4) is 0 Å². The number of aliphatic hydroxyl groups excluding tert-OH is 1. The van der Waals surface area contributed by atoms with E-state index < -0.39 is 0 Å². The Balaban J connectivity index is 1.82. The number of nitrogens with zero attached hydrogens (tertiary/aromatic N) is 3. The molecule has 0 aliphatic carbocycles. The molecule has 0 spiro atoms. The lowest BCUT2D eigenvalue weighted by molar-refractivity contribution is 0.126. The van der Waals surface area contributed by atoms with Gasteiger partial charge in [0.1, 0.15) is 5.82 Å². The van der Waals surface area contributed by atoms with E-state index in [1.54, 1.807) is 0 Å². The van der Waals surface area contributed by atoms with E-state index in [0.29, 0.717) is 5.92 Å². The quantitative estimate of drug-likeness (QED) is 0.919. The van der Waals surface area contributed by atoms with E-state index in [-0.39, 0.29) is 6.10 Å². The van der Waals surface area contributed by atoms with Crippen LogP contribution < -0.4 is 0 Å². The monoisotopic (exact) mass is 287 g/mol. The van der Waals surface area contributed by atoms with Crippen LogP contribution in [-0.2, 0) is 13.1 Å². The van der Waals surface area contributed by atoms with Gasteiger partial charge >= 0.3 is 0 Å². The Labute approximate surface area is 126 Å². The van der Waals surface area contributed by atoms with E-state index in [4.69, 9.17) is 4.98 Å². The number of hydrogen-bond donors (Lipinski definition) is 1. The summed E-state index contributed by atoms with van der Waals surface area (Å²) in [7, 11) is 0. The van der Waals surface area contributed by atoms with Crippen molar-refractivity contribution in [3.63, 3.8) is 0 Å². The second-order valence-electron chi connectivity index (χ2n) is 6.19. The predicted octanol–water partition coefficient (Wildman–Crippen LogP) is 2.65. The average molecular weight is 287 g/mol. The fourth-order valence-corrected chi connectivity index (χ4v) is 3.32. The summed E-state index contributed by atoms with van der Waals surface area (Å²) in [6.07, 6.45) is 2.00. The molecule has 1 aromatic carbocycles. The molecule has 2 unspecified atom stereocenters. The number of rotatable bonds is 5. The molecule has 1 saturated heterocycles. The van der Waals surface area contributed by atoms with Crippen molar-refractivity contribution in [3.8, 4) is 0 Å².